The van der Waals surface area contributed by atoms with Crippen LogP contribution in [0.3, 0.4) is 0 Å². The highest BCUT2D eigenvalue weighted by Crippen LogP contribution is 2.61. The average Bonchev–Trinajstić information content (AvgIpc) is 3.30. The summed E-state index contributed by atoms with van der Waals surface area (Å²) in [5, 5.41) is 0. The Morgan fingerprint density at radius 2 is 1.48 bits per heavy atom. The van der Waals surface area contributed by atoms with Gasteiger partial charge in [-0.3, -0.25) is 0 Å². The number of hydrogen-bond acceptors (Lipinski definition) is 4. The Hall–Kier alpha value is -0.160. The van der Waals surface area contributed by atoms with Crippen LogP contribution in [0.4, 0.5) is 0 Å². The van der Waals surface area contributed by atoms with E-state index in [4.69, 9.17) is 18.9 Å². The number of ether oxygens (including phenoxy) is 4. The molecular formula is C19H32O4. The van der Waals surface area contributed by atoms with Crippen molar-refractivity contribution in [3.8, 4) is 0 Å². The van der Waals surface area contributed by atoms with Gasteiger partial charge in [-0.25, -0.2) is 0 Å². The molecule has 0 amide bonds. The van der Waals surface area contributed by atoms with E-state index in [1.54, 1.807) is 0 Å². The van der Waals surface area contributed by atoms with Crippen molar-refractivity contribution in [2.75, 3.05) is 40.0 Å². The summed E-state index contributed by atoms with van der Waals surface area (Å²) >= 11 is 0. The normalized spacial score (nSPS) is 43.0. The first-order chi connectivity index (χ1) is 11.0. The summed E-state index contributed by atoms with van der Waals surface area (Å²) in [7, 11) is 0. The van der Waals surface area contributed by atoms with Crippen LogP contribution in [0.25, 0.3) is 0 Å². The van der Waals surface area contributed by atoms with Gasteiger partial charge in [0, 0.05) is 0 Å². The van der Waals surface area contributed by atoms with E-state index in [0.29, 0.717) is 29.8 Å². The minimum Gasteiger partial charge on any atom is -0.355 e. The van der Waals surface area contributed by atoms with Crippen molar-refractivity contribution >= 4 is 0 Å². The predicted octanol–water partition coefficient (Wildman–Crippen LogP) is 3.59. The van der Waals surface area contributed by atoms with E-state index in [9.17, 15) is 0 Å². The maximum Gasteiger partial charge on any atom is 0.146 e. The van der Waals surface area contributed by atoms with Gasteiger partial charge in [-0.1, -0.05) is 20.3 Å². The lowest BCUT2D eigenvalue weighted by Gasteiger charge is -2.31. The summed E-state index contributed by atoms with van der Waals surface area (Å²) in [6, 6.07) is 0. The van der Waals surface area contributed by atoms with E-state index in [-0.39, 0.29) is 0 Å². The highest BCUT2D eigenvalue weighted by Gasteiger charge is 2.57. The maximum absolute atomic E-state index is 5.68. The van der Waals surface area contributed by atoms with Gasteiger partial charge in [0.1, 0.15) is 13.6 Å². The molecule has 0 aromatic heterocycles. The molecule has 0 spiro atoms. The van der Waals surface area contributed by atoms with E-state index in [1.165, 1.54) is 38.5 Å². The van der Waals surface area contributed by atoms with Gasteiger partial charge in [0.25, 0.3) is 0 Å². The molecule has 4 rings (SSSR count). The van der Waals surface area contributed by atoms with Crippen molar-refractivity contribution in [2.24, 2.45) is 28.1 Å². The Kier molecular flexibility index (Phi) is 4.24. The molecule has 4 unspecified atom stereocenters. The molecule has 2 saturated carbocycles. The molecular weight excluding hydrogens is 292 g/mol. The standard InChI is InChI=1S/C19H32O4/c1-17(2,10-19-7-16(19)9-21-14-23-12-19)4-3-5-18-6-15(18)8-20-13-22-11-18/h15-16H,3-14H2,1-2H3. The lowest BCUT2D eigenvalue weighted by molar-refractivity contribution is -0.0503. The van der Waals surface area contributed by atoms with Crippen molar-refractivity contribution < 1.29 is 18.9 Å². The van der Waals surface area contributed by atoms with Crippen LogP contribution >= 0.6 is 0 Å². The van der Waals surface area contributed by atoms with Crippen LogP contribution in [0.1, 0.15) is 52.4 Å². The van der Waals surface area contributed by atoms with Gasteiger partial charge in [-0.05, 0) is 60.2 Å². The smallest absolute Gasteiger partial charge is 0.146 e. The van der Waals surface area contributed by atoms with E-state index in [0.717, 1.165) is 38.3 Å². The molecule has 2 heterocycles. The zero-order valence-electron chi connectivity index (χ0n) is 14.8. The summed E-state index contributed by atoms with van der Waals surface area (Å²) in [5.41, 5.74) is 1.26. The fourth-order valence-corrected chi connectivity index (χ4v) is 5.28. The summed E-state index contributed by atoms with van der Waals surface area (Å²) in [4.78, 5) is 0. The molecule has 2 aliphatic heterocycles. The number of rotatable bonds is 6. The van der Waals surface area contributed by atoms with Crippen molar-refractivity contribution in [1.29, 1.82) is 0 Å². The van der Waals surface area contributed by atoms with Crippen LogP contribution in [0, 0.1) is 28.1 Å². The van der Waals surface area contributed by atoms with Crippen LogP contribution in [-0.2, 0) is 18.9 Å². The lowest BCUT2D eigenvalue weighted by Crippen LogP contribution is -2.23. The first-order valence-corrected chi connectivity index (χ1v) is 9.35. The van der Waals surface area contributed by atoms with E-state index in [2.05, 4.69) is 13.8 Å². The van der Waals surface area contributed by atoms with Gasteiger partial charge in [-0.15, -0.1) is 0 Å². The topological polar surface area (TPSA) is 36.9 Å². The molecule has 0 aromatic carbocycles. The van der Waals surface area contributed by atoms with Crippen LogP contribution in [-0.4, -0.2) is 40.0 Å². The second-order valence-corrected chi connectivity index (χ2v) is 9.40. The van der Waals surface area contributed by atoms with Crippen molar-refractivity contribution in [3.63, 3.8) is 0 Å². The summed E-state index contributed by atoms with van der Waals surface area (Å²) < 4.78 is 22.4. The monoisotopic (exact) mass is 324 g/mol. The molecule has 0 radical (unpaired) electrons. The highest BCUT2D eigenvalue weighted by molar-refractivity contribution is 5.06. The largest absolute Gasteiger partial charge is 0.355 e. The molecule has 4 atom stereocenters. The van der Waals surface area contributed by atoms with Crippen LogP contribution < -0.4 is 0 Å². The third kappa shape index (κ3) is 3.46. The second kappa shape index (κ2) is 5.98. The van der Waals surface area contributed by atoms with Gasteiger partial charge < -0.3 is 18.9 Å². The van der Waals surface area contributed by atoms with Crippen molar-refractivity contribution in [1.82, 2.24) is 0 Å². The molecule has 0 aromatic rings. The first-order valence-electron chi connectivity index (χ1n) is 9.35. The van der Waals surface area contributed by atoms with E-state index >= 15 is 0 Å². The maximum atomic E-state index is 5.68. The summed E-state index contributed by atoms with van der Waals surface area (Å²) in [6.45, 7) is 9.49. The molecule has 4 aliphatic rings. The molecule has 4 nitrogen and oxygen atoms in total. The Bertz CT molecular complexity index is 437. The van der Waals surface area contributed by atoms with Gasteiger partial charge in [0.15, 0.2) is 0 Å². The van der Waals surface area contributed by atoms with Crippen LogP contribution in [0.5, 0.6) is 0 Å². The van der Waals surface area contributed by atoms with Crippen molar-refractivity contribution in [2.45, 2.75) is 52.4 Å². The molecule has 4 heteroatoms. The SMILES string of the molecule is CC(C)(CCCC12COCOCC1C2)CC12COCOCC1C2. The zero-order chi connectivity index (χ0) is 16.0. The van der Waals surface area contributed by atoms with Gasteiger partial charge in [0.2, 0.25) is 0 Å². The molecule has 0 N–H and O–H groups in total. The number of fused-ring (bicyclic) bond motifs is 2. The number of hydrogen-bond donors (Lipinski definition) is 0. The van der Waals surface area contributed by atoms with Gasteiger partial charge in [0.05, 0.1) is 26.4 Å². The van der Waals surface area contributed by atoms with Crippen molar-refractivity contribution in [3.05, 3.63) is 0 Å². The Morgan fingerprint density at radius 1 is 0.870 bits per heavy atom. The van der Waals surface area contributed by atoms with Gasteiger partial charge in [-0.2, -0.15) is 0 Å². The molecule has 132 valence electrons. The Morgan fingerprint density at radius 3 is 2.22 bits per heavy atom. The molecule has 0 bridgehead atoms. The Balaban J connectivity index is 1.25. The summed E-state index contributed by atoms with van der Waals surface area (Å²) in [5.74, 6) is 1.50. The Labute approximate surface area is 140 Å². The molecule has 23 heavy (non-hydrogen) atoms. The molecule has 2 saturated heterocycles. The third-order valence-electron chi connectivity index (χ3n) is 6.83. The zero-order valence-corrected chi connectivity index (χ0v) is 14.8. The summed E-state index contributed by atoms with van der Waals surface area (Å²) in [6.07, 6.45) is 7.81. The van der Waals surface area contributed by atoms with Gasteiger partial charge >= 0.3 is 0 Å². The predicted molar refractivity (Wildman–Crippen MR) is 86.9 cm³/mol. The van der Waals surface area contributed by atoms with E-state index in [1.807, 2.05) is 0 Å². The van der Waals surface area contributed by atoms with Crippen LogP contribution in [0.15, 0.2) is 0 Å². The fourth-order valence-electron chi connectivity index (χ4n) is 5.28. The quantitative estimate of drug-likeness (QED) is 0.748. The lowest BCUT2D eigenvalue weighted by atomic mass is 9.76. The van der Waals surface area contributed by atoms with Crippen LogP contribution in [0.2, 0.25) is 0 Å². The fraction of sp³-hybridized carbons (Fsp3) is 1.00. The average molecular weight is 324 g/mol. The molecule has 2 aliphatic carbocycles. The first kappa shape index (κ1) is 16.3. The van der Waals surface area contributed by atoms with E-state index < -0.39 is 0 Å². The molecule has 4 fully saturated rings. The highest BCUT2D eigenvalue weighted by atomic mass is 16.7. The second-order valence-electron chi connectivity index (χ2n) is 9.40. The third-order valence-corrected chi connectivity index (χ3v) is 6.83. The minimum atomic E-state index is 0.394. The minimum absolute atomic E-state index is 0.394.